The van der Waals surface area contributed by atoms with E-state index in [9.17, 15) is 51.1 Å². The molecule has 0 radical (unpaired) electrons. The van der Waals surface area contributed by atoms with E-state index < -0.39 is 64.8 Å². The second kappa shape index (κ2) is 9.72. The Morgan fingerprint density at radius 3 is 1.93 bits per heavy atom. The third kappa shape index (κ3) is 4.24. The van der Waals surface area contributed by atoms with E-state index in [-0.39, 0.29) is 51.7 Å². The Hall–Kier alpha value is -5.20. The van der Waals surface area contributed by atoms with Crippen molar-refractivity contribution in [1.82, 2.24) is 0 Å². The van der Waals surface area contributed by atoms with Crippen LogP contribution in [-0.4, -0.2) is 63.3 Å². The van der Waals surface area contributed by atoms with Crippen molar-refractivity contribution < 1.29 is 60.5 Å². The van der Waals surface area contributed by atoms with Crippen molar-refractivity contribution in [1.29, 1.82) is 0 Å². The molecule has 0 bridgehead atoms. The van der Waals surface area contributed by atoms with Crippen molar-refractivity contribution in [2.75, 3.05) is 0 Å². The van der Waals surface area contributed by atoms with E-state index in [2.05, 4.69) is 0 Å². The summed E-state index contributed by atoms with van der Waals surface area (Å²) in [6, 6.07) is 11.3. The zero-order valence-corrected chi connectivity index (χ0v) is 21.6. The summed E-state index contributed by atoms with van der Waals surface area (Å²) in [5, 5.41) is 105. The highest BCUT2D eigenvalue weighted by Crippen LogP contribution is 2.55. The van der Waals surface area contributed by atoms with Crippen LogP contribution in [0, 0.1) is 0 Å². The molecule has 0 aromatic heterocycles. The van der Waals surface area contributed by atoms with Crippen molar-refractivity contribution in [3.63, 3.8) is 0 Å². The third-order valence-corrected chi connectivity index (χ3v) is 7.70. The van der Waals surface area contributed by atoms with E-state index in [1.165, 1.54) is 42.5 Å². The topological polar surface area (TPSA) is 221 Å². The molecule has 4 aromatic carbocycles. The first-order valence-electron chi connectivity index (χ1n) is 12.8. The van der Waals surface area contributed by atoms with Gasteiger partial charge in [0.2, 0.25) is 0 Å². The zero-order chi connectivity index (χ0) is 30.0. The van der Waals surface area contributed by atoms with Crippen LogP contribution in [0.2, 0.25) is 0 Å². The molecule has 0 spiro atoms. The third-order valence-electron chi connectivity index (χ3n) is 7.70. The Morgan fingerprint density at radius 1 is 0.571 bits per heavy atom. The fourth-order valence-corrected chi connectivity index (χ4v) is 5.67. The first-order chi connectivity index (χ1) is 19.9. The summed E-state index contributed by atoms with van der Waals surface area (Å²) >= 11 is 0. The van der Waals surface area contributed by atoms with Crippen LogP contribution >= 0.6 is 0 Å². The molecular formula is C30H26O12. The summed E-state index contributed by atoms with van der Waals surface area (Å²) < 4.78 is 11.8. The first kappa shape index (κ1) is 27.0. The number of phenolic OH excluding ortho intramolecular Hbond substituents is 8. The molecule has 12 heteroatoms. The van der Waals surface area contributed by atoms with E-state index in [0.29, 0.717) is 5.56 Å². The lowest BCUT2D eigenvalue weighted by Crippen LogP contribution is -2.35. The number of hydrogen-bond donors (Lipinski definition) is 10. The van der Waals surface area contributed by atoms with Crippen molar-refractivity contribution in [3.05, 3.63) is 82.4 Å². The minimum absolute atomic E-state index is 0.0361. The number of aliphatic hydroxyl groups is 2. The van der Waals surface area contributed by atoms with E-state index in [1.54, 1.807) is 0 Å². The SMILES string of the molecule is Oc1ccc2c(c1)O[C@H](c1cc(O)c(O)c(O)c1)[C@@H](O)[C@@H]2c1c(O)cc2c(c1O)C[C@H](O)[C@@H](c1ccc(O)c(O)c1)O2. The van der Waals surface area contributed by atoms with Gasteiger partial charge in [0, 0.05) is 46.7 Å². The molecule has 2 heterocycles. The molecule has 2 aliphatic heterocycles. The minimum Gasteiger partial charge on any atom is -0.508 e. The summed E-state index contributed by atoms with van der Waals surface area (Å²) in [6.45, 7) is 0. The van der Waals surface area contributed by atoms with Crippen LogP contribution in [-0.2, 0) is 6.42 Å². The van der Waals surface area contributed by atoms with Crippen molar-refractivity contribution in [3.8, 4) is 57.5 Å². The molecule has 10 N–H and O–H groups in total. The molecule has 2 aliphatic rings. The van der Waals surface area contributed by atoms with Crippen LogP contribution in [0.15, 0.2) is 54.6 Å². The van der Waals surface area contributed by atoms with Gasteiger partial charge >= 0.3 is 0 Å². The average molecular weight is 579 g/mol. The van der Waals surface area contributed by atoms with Gasteiger partial charge in [-0.05, 0) is 35.9 Å². The molecular weight excluding hydrogens is 552 g/mol. The fraction of sp³-hybridized carbons (Fsp3) is 0.200. The van der Waals surface area contributed by atoms with Crippen LogP contribution < -0.4 is 9.47 Å². The minimum atomic E-state index is -1.55. The van der Waals surface area contributed by atoms with Gasteiger partial charge in [-0.25, -0.2) is 0 Å². The lowest BCUT2D eigenvalue weighted by atomic mass is 9.78. The maximum Gasteiger partial charge on any atom is 0.200 e. The van der Waals surface area contributed by atoms with Gasteiger partial charge in [0.05, 0.1) is 6.10 Å². The molecule has 0 aliphatic carbocycles. The molecule has 4 aromatic rings. The Labute approximate surface area is 237 Å². The van der Waals surface area contributed by atoms with Gasteiger partial charge in [0.1, 0.15) is 41.0 Å². The molecule has 218 valence electrons. The Bertz CT molecular complexity index is 1690. The number of hydrogen-bond acceptors (Lipinski definition) is 12. The molecule has 42 heavy (non-hydrogen) atoms. The highest BCUT2D eigenvalue weighted by Gasteiger charge is 2.44. The Balaban J connectivity index is 1.45. The zero-order valence-electron chi connectivity index (χ0n) is 21.6. The molecule has 5 atom stereocenters. The number of benzene rings is 4. The number of aromatic hydroxyl groups is 8. The van der Waals surface area contributed by atoms with Gasteiger partial charge in [0.15, 0.2) is 34.9 Å². The standard InChI is InChI=1S/C30H26O12/c31-13-2-3-14-22(8-13)42-30(12-6-19(35)27(39)20(36)7-12)28(40)24(14)25-18(34)10-23-15(26(25)38)9-21(37)29(41-23)11-1-4-16(32)17(33)5-11/h1-8,10,21,24,28-40H,9H2/t21-,24-,28-,29+,30+/m0/s1. The summed E-state index contributed by atoms with van der Waals surface area (Å²) in [5.74, 6) is -5.12. The van der Waals surface area contributed by atoms with Crippen LogP contribution in [0.25, 0.3) is 0 Å². The van der Waals surface area contributed by atoms with E-state index >= 15 is 0 Å². The first-order valence-corrected chi connectivity index (χ1v) is 12.8. The predicted molar refractivity (Wildman–Crippen MR) is 143 cm³/mol. The highest BCUT2D eigenvalue weighted by atomic mass is 16.5. The molecule has 0 saturated heterocycles. The van der Waals surface area contributed by atoms with Gasteiger partial charge in [-0.2, -0.15) is 0 Å². The van der Waals surface area contributed by atoms with Gasteiger partial charge in [-0.1, -0.05) is 12.1 Å². The molecule has 0 fully saturated rings. The van der Waals surface area contributed by atoms with Crippen molar-refractivity contribution in [2.45, 2.75) is 36.8 Å². The Morgan fingerprint density at radius 2 is 1.24 bits per heavy atom. The summed E-state index contributed by atoms with van der Waals surface area (Å²) in [7, 11) is 0. The largest absolute Gasteiger partial charge is 0.508 e. The normalized spacial score (nSPS) is 22.9. The predicted octanol–water partition coefficient (Wildman–Crippen LogP) is 3.00. The van der Waals surface area contributed by atoms with Crippen molar-refractivity contribution in [2.24, 2.45) is 0 Å². The lowest BCUT2D eigenvalue weighted by molar-refractivity contribution is 0.00650. The van der Waals surface area contributed by atoms with Crippen LogP contribution in [0.5, 0.6) is 57.5 Å². The maximum absolute atomic E-state index is 11.6. The summed E-state index contributed by atoms with van der Waals surface area (Å²) in [4.78, 5) is 0. The summed E-state index contributed by atoms with van der Waals surface area (Å²) in [6.07, 6.45) is -5.24. The fourth-order valence-electron chi connectivity index (χ4n) is 5.67. The number of fused-ring (bicyclic) bond motifs is 2. The van der Waals surface area contributed by atoms with Crippen molar-refractivity contribution >= 4 is 0 Å². The molecule has 0 saturated carbocycles. The van der Waals surface area contributed by atoms with Gasteiger partial charge < -0.3 is 60.5 Å². The lowest BCUT2D eigenvalue weighted by Gasteiger charge is -2.39. The smallest absolute Gasteiger partial charge is 0.200 e. The second-order valence-electron chi connectivity index (χ2n) is 10.3. The van der Waals surface area contributed by atoms with Crippen LogP contribution in [0.4, 0.5) is 0 Å². The van der Waals surface area contributed by atoms with Gasteiger partial charge in [0.25, 0.3) is 0 Å². The summed E-state index contributed by atoms with van der Waals surface area (Å²) in [5.41, 5.74) is 0.660. The monoisotopic (exact) mass is 578 g/mol. The number of aliphatic hydroxyl groups excluding tert-OH is 2. The van der Waals surface area contributed by atoms with Crippen LogP contribution in [0.1, 0.15) is 45.9 Å². The number of rotatable bonds is 3. The number of ether oxygens (including phenoxy) is 2. The van der Waals surface area contributed by atoms with Gasteiger partial charge in [-0.3, -0.25) is 0 Å². The second-order valence-corrected chi connectivity index (χ2v) is 10.3. The average Bonchev–Trinajstić information content (AvgIpc) is 2.94. The van der Waals surface area contributed by atoms with E-state index in [0.717, 1.165) is 12.1 Å². The molecule has 0 unspecified atom stereocenters. The highest BCUT2D eigenvalue weighted by molar-refractivity contribution is 5.63. The van der Waals surface area contributed by atoms with Gasteiger partial charge in [-0.15, -0.1) is 0 Å². The molecule has 6 rings (SSSR count). The Kier molecular flexibility index (Phi) is 6.24. The van der Waals surface area contributed by atoms with Crippen LogP contribution in [0.3, 0.4) is 0 Å². The maximum atomic E-state index is 11.6. The van der Waals surface area contributed by atoms with E-state index in [1.807, 2.05) is 0 Å². The molecule has 12 nitrogen and oxygen atoms in total. The quantitative estimate of drug-likeness (QED) is 0.159. The molecule has 0 amide bonds. The number of phenols is 8. The van der Waals surface area contributed by atoms with E-state index in [4.69, 9.17) is 9.47 Å².